The Morgan fingerprint density at radius 1 is 1.39 bits per heavy atom. The van der Waals surface area contributed by atoms with Crippen molar-refractivity contribution in [3.8, 4) is 0 Å². The fraction of sp³-hybridized carbons (Fsp3) is 0.429. The van der Waals surface area contributed by atoms with Crippen LogP contribution in [0.2, 0.25) is 0 Å². The molecule has 0 saturated carbocycles. The van der Waals surface area contributed by atoms with Crippen molar-refractivity contribution >= 4 is 22.0 Å². The van der Waals surface area contributed by atoms with Crippen molar-refractivity contribution in [1.82, 2.24) is 4.31 Å². The predicted octanol–water partition coefficient (Wildman–Crippen LogP) is 1.24. The Balaban J connectivity index is 2.64. The lowest BCUT2D eigenvalue weighted by atomic mass is 10.0. The topological polar surface area (TPSA) is 101 Å². The number of halogens is 1. The summed E-state index contributed by atoms with van der Waals surface area (Å²) in [6, 6.07) is 3.14. The van der Waals surface area contributed by atoms with Crippen LogP contribution in [0.15, 0.2) is 23.1 Å². The van der Waals surface area contributed by atoms with Crippen molar-refractivity contribution in [1.29, 1.82) is 0 Å². The third-order valence-electron chi connectivity index (χ3n) is 3.97. The summed E-state index contributed by atoms with van der Waals surface area (Å²) in [5.74, 6) is -3.48. The maximum atomic E-state index is 14.0. The number of benzene rings is 1. The minimum atomic E-state index is -4.39. The van der Waals surface area contributed by atoms with E-state index in [0.717, 1.165) is 29.6 Å². The first-order valence-electron chi connectivity index (χ1n) is 6.79. The van der Waals surface area contributed by atoms with Gasteiger partial charge in [-0.25, -0.2) is 17.6 Å². The van der Waals surface area contributed by atoms with E-state index in [9.17, 15) is 27.5 Å². The lowest BCUT2D eigenvalue weighted by molar-refractivity contribution is -0.146. The molecule has 0 bridgehead atoms. The summed E-state index contributed by atoms with van der Waals surface area (Å²) < 4.78 is 44.9. The Morgan fingerprint density at radius 2 is 2.04 bits per heavy atom. The lowest BCUT2D eigenvalue weighted by Gasteiger charge is -2.30. The molecule has 0 radical (unpaired) electrons. The van der Waals surface area contributed by atoms with Gasteiger partial charge in [0.05, 0.1) is 12.0 Å². The number of nitrogens with zero attached hydrogens (tertiary/aromatic N) is 1. The van der Waals surface area contributed by atoms with Gasteiger partial charge in [-0.1, -0.05) is 6.07 Å². The summed E-state index contributed by atoms with van der Waals surface area (Å²) in [6.07, 6.45) is 0.481. The zero-order valence-electron chi connectivity index (χ0n) is 12.6. The fourth-order valence-electron chi connectivity index (χ4n) is 2.68. The SMILES string of the molecule is COC(=O)c1c(F)cccc1S(=O)(=O)N1CCC[C@@]1(C)C(=O)O. The van der Waals surface area contributed by atoms with Gasteiger partial charge in [0.2, 0.25) is 10.0 Å². The molecule has 1 aromatic rings. The van der Waals surface area contributed by atoms with Crippen LogP contribution in [0.1, 0.15) is 30.1 Å². The fourth-order valence-corrected chi connectivity index (χ4v) is 4.67. The van der Waals surface area contributed by atoms with Gasteiger partial charge in [0.1, 0.15) is 16.9 Å². The number of carbonyl (C=O) groups excluding carboxylic acids is 1. The maximum Gasteiger partial charge on any atom is 0.342 e. The van der Waals surface area contributed by atoms with Gasteiger partial charge >= 0.3 is 11.9 Å². The Hall–Kier alpha value is -2.00. The van der Waals surface area contributed by atoms with Crippen LogP contribution in [0.4, 0.5) is 4.39 Å². The van der Waals surface area contributed by atoms with E-state index in [1.54, 1.807) is 0 Å². The molecule has 1 aromatic carbocycles. The Labute approximate surface area is 132 Å². The summed E-state index contributed by atoms with van der Waals surface area (Å²) in [5, 5.41) is 9.36. The third-order valence-corrected chi connectivity index (χ3v) is 6.03. The highest BCUT2D eigenvalue weighted by molar-refractivity contribution is 7.89. The quantitative estimate of drug-likeness (QED) is 0.824. The van der Waals surface area contributed by atoms with Crippen LogP contribution in [0.25, 0.3) is 0 Å². The molecule has 2 rings (SSSR count). The number of carboxylic acid groups (broad SMARTS) is 1. The molecule has 1 fully saturated rings. The van der Waals surface area contributed by atoms with Crippen LogP contribution in [-0.2, 0) is 19.6 Å². The zero-order chi connectivity index (χ0) is 17.4. The van der Waals surface area contributed by atoms with E-state index in [-0.39, 0.29) is 13.0 Å². The smallest absolute Gasteiger partial charge is 0.342 e. The van der Waals surface area contributed by atoms with Crippen LogP contribution < -0.4 is 0 Å². The molecule has 1 N–H and O–H groups in total. The number of hydrogen-bond donors (Lipinski definition) is 1. The first-order chi connectivity index (χ1) is 10.7. The number of ether oxygens (including phenoxy) is 1. The number of sulfonamides is 1. The van der Waals surface area contributed by atoms with Gasteiger partial charge in [-0.15, -0.1) is 0 Å². The Kier molecular flexibility index (Phi) is 4.45. The monoisotopic (exact) mass is 345 g/mol. The predicted molar refractivity (Wildman–Crippen MR) is 76.9 cm³/mol. The molecule has 0 aromatic heterocycles. The van der Waals surface area contributed by atoms with Crippen molar-refractivity contribution in [2.45, 2.75) is 30.2 Å². The molecule has 126 valence electrons. The van der Waals surface area contributed by atoms with E-state index in [1.165, 1.54) is 6.92 Å². The van der Waals surface area contributed by atoms with E-state index in [2.05, 4.69) is 4.74 Å². The van der Waals surface area contributed by atoms with Gasteiger partial charge in [0.25, 0.3) is 0 Å². The largest absolute Gasteiger partial charge is 0.480 e. The molecule has 7 nitrogen and oxygen atoms in total. The third kappa shape index (κ3) is 2.70. The molecule has 0 unspecified atom stereocenters. The van der Waals surface area contributed by atoms with E-state index < -0.39 is 43.8 Å². The molecular weight excluding hydrogens is 329 g/mol. The minimum Gasteiger partial charge on any atom is -0.480 e. The summed E-state index contributed by atoms with van der Waals surface area (Å²) in [4.78, 5) is 22.6. The van der Waals surface area contributed by atoms with Gasteiger partial charge in [-0.05, 0) is 31.9 Å². The molecule has 1 atom stereocenters. The normalized spacial score (nSPS) is 22.0. The number of aliphatic carboxylic acids is 1. The molecule has 0 spiro atoms. The van der Waals surface area contributed by atoms with E-state index in [0.29, 0.717) is 6.42 Å². The molecule has 23 heavy (non-hydrogen) atoms. The number of methoxy groups -OCH3 is 1. The van der Waals surface area contributed by atoms with Gasteiger partial charge in [-0.2, -0.15) is 4.31 Å². The van der Waals surface area contributed by atoms with Crippen LogP contribution in [-0.4, -0.2) is 49.0 Å². The van der Waals surface area contributed by atoms with E-state index in [4.69, 9.17) is 0 Å². The number of hydrogen-bond acceptors (Lipinski definition) is 5. The molecule has 9 heteroatoms. The Morgan fingerprint density at radius 3 is 2.61 bits per heavy atom. The van der Waals surface area contributed by atoms with Crippen molar-refractivity contribution in [3.63, 3.8) is 0 Å². The highest BCUT2D eigenvalue weighted by Gasteiger charge is 2.50. The summed E-state index contributed by atoms with van der Waals surface area (Å²) >= 11 is 0. The van der Waals surface area contributed by atoms with Crippen molar-refractivity contribution in [3.05, 3.63) is 29.6 Å². The maximum absolute atomic E-state index is 14.0. The second-order valence-electron chi connectivity index (χ2n) is 5.36. The molecule has 1 aliphatic rings. The molecule has 0 aliphatic carbocycles. The molecule has 1 aliphatic heterocycles. The van der Waals surface area contributed by atoms with E-state index >= 15 is 0 Å². The first-order valence-corrected chi connectivity index (χ1v) is 8.23. The number of esters is 1. The van der Waals surface area contributed by atoms with Gasteiger partial charge in [-0.3, -0.25) is 4.79 Å². The van der Waals surface area contributed by atoms with Crippen molar-refractivity contribution in [2.24, 2.45) is 0 Å². The average molecular weight is 345 g/mol. The van der Waals surface area contributed by atoms with E-state index in [1.807, 2.05) is 0 Å². The highest BCUT2D eigenvalue weighted by Crippen LogP contribution is 2.36. The average Bonchev–Trinajstić information content (AvgIpc) is 2.90. The summed E-state index contributed by atoms with van der Waals surface area (Å²) in [7, 11) is -3.39. The second-order valence-corrected chi connectivity index (χ2v) is 7.20. The molecule has 0 amide bonds. The Bertz CT molecular complexity index is 763. The molecular formula is C14H16FNO6S. The highest BCUT2D eigenvalue weighted by atomic mass is 32.2. The minimum absolute atomic E-state index is 0.0255. The summed E-state index contributed by atoms with van der Waals surface area (Å²) in [5.41, 5.74) is -2.37. The van der Waals surface area contributed by atoms with Gasteiger partial charge in [0.15, 0.2) is 0 Å². The van der Waals surface area contributed by atoms with Gasteiger partial charge in [0, 0.05) is 6.54 Å². The van der Waals surface area contributed by atoms with Crippen LogP contribution in [0.5, 0.6) is 0 Å². The molecule has 1 saturated heterocycles. The first kappa shape index (κ1) is 17.4. The number of carboxylic acids is 1. The lowest BCUT2D eigenvalue weighted by Crippen LogP contribution is -2.50. The van der Waals surface area contributed by atoms with Crippen molar-refractivity contribution in [2.75, 3.05) is 13.7 Å². The second kappa shape index (κ2) is 5.89. The van der Waals surface area contributed by atoms with Crippen molar-refractivity contribution < 1.29 is 32.2 Å². The summed E-state index contributed by atoms with van der Waals surface area (Å²) in [6.45, 7) is 1.26. The number of rotatable bonds is 4. The van der Waals surface area contributed by atoms with Crippen LogP contribution in [0, 0.1) is 5.82 Å². The van der Waals surface area contributed by atoms with Crippen LogP contribution >= 0.6 is 0 Å². The standard InChI is InChI=1S/C14H16FNO6S/c1-14(13(18)19)7-4-8-16(14)23(20,21)10-6-3-5-9(15)11(10)12(17)22-2/h3,5-6H,4,7-8H2,1-2H3,(H,18,19)/t14-/m0/s1. The van der Waals surface area contributed by atoms with Crippen LogP contribution in [0.3, 0.4) is 0 Å². The number of carbonyl (C=O) groups is 2. The molecule has 1 heterocycles. The zero-order valence-corrected chi connectivity index (χ0v) is 13.4. The van der Waals surface area contributed by atoms with Gasteiger partial charge < -0.3 is 9.84 Å².